The van der Waals surface area contributed by atoms with Gasteiger partial charge in [0.05, 0.1) is 0 Å². The van der Waals surface area contributed by atoms with Gasteiger partial charge in [0.2, 0.25) is 0 Å². The smallest absolute Gasteiger partial charge is 0.253 e. The van der Waals surface area contributed by atoms with E-state index in [1.165, 1.54) is 12.8 Å². The summed E-state index contributed by atoms with van der Waals surface area (Å²) in [5, 5.41) is 0.704. The molecule has 0 radical (unpaired) electrons. The molecule has 1 aromatic carbocycles. The van der Waals surface area contributed by atoms with Gasteiger partial charge in [-0.1, -0.05) is 11.6 Å². The standard InChI is InChI=1S/C20H24ClN3O/c1-14-11-16(6-7-18(14)21)20(25)24-9-2-3-17(13-24)19-22-8-10-23(19)12-15-4-5-15/h6-8,10-11,15,17H,2-5,9,12-13H2,1H3/t17-/m0/s1. The maximum Gasteiger partial charge on any atom is 0.253 e. The first-order valence-corrected chi connectivity index (χ1v) is 9.56. The number of rotatable bonds is 4. The summed E-state index contributed by atoms with van der Waals surface area (Å²) >= 11 is 6.09. The third kappa shape index (κ3) is 3.59. The fourth-order valence-corrected chi connectivity index (χ4v) is 3.86. The zero-order valence-corrected chi connectivity index (χ0v) is 15.4. The van der Waals surface area contributed by atoms with Crippen molar-refractivity contribution in [1.29, 1.82) is 0 Å². The van der Waals surface area contributed by atoms with Crippen LogP contribution in [0.15, 0.2) is 30.6 Å². The Labute approximate surface area is 153 Å². The Morgan fingerprint density at radius 1 is 1.32 bits per heavy atom. The third-order valence-corrected chi connectivity index (χ3v) is 5.80. The molecule has 0 bridgehead atoms. The number of piperidine rings is 1. The van der Waals surface area contributed by atoms with Gasteiger partial charge in [-0.2, -0.15) is 0 Å². The number of amides is 1. The molecule has 1 saturated heterocycles. The SMILES string of the molecule is Cc1cc(C(=O)N2CCC[C@H](c3nccn3CC3CC3)C2)ccc1Cl. The molecule has 0 unspecified atom stereocenters. The molecular weight excluding hydrogens is 334 g/mol. The highest BCUT2D eigenvalue weighted by Gasteiger charge is 2.29. The van der Waals surface area contributed by atoms with Crippen molar-refractivity contribution in [2.45, 2.75) is 45.1 Å². The Morgan fingerprint density at radius 3 is 2.92 bits per heavy atom. The second-order valence-corrected chi connectivity index (χ2v) is 7.84. The normalized spacial score (nSPS) is 20.7. The molecule has 0 N–H and O–H groups in total. The molecule has 2 aromatic rings. The van der Waals surface area contributed by atoms with Gasteiger partial charge >= 0.3 is 0 Å². The molecule has 2 fully saturated rings. The summed E-state index contributed by atoms with van der Waals surface area (Å²) in [5.74, 6) is 2.41. The molecule has 2 heterocycles. The fourth-order valence-electron chi connectivity index (χ4n) is 3.75. The second kappa shape index (κ2) is 6.83. The molecule has 1 amide bonds. The number of carbonyl (C=O) groups excluding carboxylic acids is 1. The molecule has 1 aliphatic heterocycles. The first kappa shape index (κ1) is 16.6. The monoisotopic (exact) mass is 357 g/mol. The predicted molar refractivity (Wildman–Crippen MR) is 99.0 cm³/mol. The number of hydrogen-bond acceptors (Lipinski definition) is 2. The van der Waals surface area contributed by atoms with Gasteiger partial charge < -0.3 is 9.47 Å². The van der Waals surface area contributed by atoms with Gasteiger partial charge in [0, 0.05) is 48.5 Å². The van der Waals surface area contributed by atoms with Crippen molar-refractivity contribution in [1.82, 2.24) is 14.5 Å². The summed E-state index contributed by atoms with van der Waals surface area (Å²) in [6.07, 6.45) is 8.80. The highest BCUT2D eigenvalue weighted by molar-refractivity contribution is 6.31. The fraction of sp³-hybridized carbons (Fsp3) is 0.500. The minimum atomic E-state index is 0.102. The molecule has 1 saturated carbocycles. The van der Waals surface area contributed by atoms with Crippen LogP contribution in [0.4, 0.5) is 0 Å². The number of imidazole rings is 1. The minimum absolute atomic E-state index is 0.102. The highest BCUT2D eigenvalue weighted by Crippen LogP contribution is 2.33. The molecule has 1 aromatic heterocycles. The Hall–Kier alpha value is -1.81. The molecule has 4 rings (SSSR count). The maximum absolute atomic E-state index is 12.9. The van der Waals surface area contributed by atoms with Crippen molar-refractivity contribution >= 4 is 17.5 Å². The van der Waals surface area contributed by atoms with Crippen molar-refractivity contribution in [3.8, 4) is 0 Å². The van der Waals surface area contributed by atoms with E-state index in [-0.39, 0.29) is 5.91 Å². The molecular formula is C20H24ClN3O. The number of aromatic nitrogens is 2. The number of aryl methyl sites for hydroxylation is 1. The minimum Gasteiger partial charge on any atom is -0.338 e. The van der Waals surface area contributed by atoms with E-state index in [1.54, 1.807) is 0 Å². The number of benzene rings is 1. The van der Waals surface area contributed by atoms with Crippen molar-refractivity contribution in [2.24, 2.45) is 5.92 Å². The van der Waals surface area contributed by atoms with Crippen LogP contribution in [0, 0.1) is 12.8 Å². The molecule has 0 spiro atoms. The van der Waals surface area contributed by atoms with Crippen LogP contribution in [0.25, 0.3) is 0 Å². The summed E-state index contributed by atoms with van der Waals surface area (Å²) in [6, 6.07) is 5.53. The summed E-state index contributed by atoms with van der Waals surface area (Å²) in [7, 11) is 0. The van der Waals surface area contributed by atoms with Crippen molar-refractivity contribution in [3.05, 3.63) is 52.6 Å². The van der Waals surface area contributed by atoms with Crippen LogP contribution in [-0.2, 0) is 6.54 Å². The van der Waals surface area contributed by atoms with Crippen LogP contribution in [0.1, 0.15) is 53.3 Å². The van der Waals surface area contributed by atoms with Crippen molar-refractivity contribution in [2.75, 3.05) is 13.1 Å². The van der Waals surface area contributed by atoms with Crippen LogP contribution in [0.2, 0.25) is 5.02 Å². The van der Waals surface area contributed by atoms with E-state index < -0.39 is 0 Å². The van der Waals surface area contributed by atoms with Crippen LogP contribution in [-0.4, -0.2) is 33.4 Å². The summed E-state index contributed by atoms with van der Waals surface area (Å²) in [5.41, 5.74) is 1.67. The maximum atomic E-state index is 12.9. The molecule has 5 heteroatoms. The lowest BCUT2D eigenvalue weighted by molar-refractivity contribution is 0.0703. The van der Waals surface area contributed by atoms with Gasteiger partial charge in [-0.15, -0.1) is 0 Å². The molecule has 1 atom stereocenters. The lowest BCUT2D eigenvalue weighted by atomic mass is 9.96. The lowest BCUT2D eigenvalue weighted by Gasteiger charge is -2.33. The van der Waals surface area contributed by atoms with E-state index >= 15 is 0 Å². The number of carbonyl (C=O) groups is 1. The molecule has 4 nitrogen and oxygen atoms in total. The molecule has 132 valence electrons. The van der Waals surface area contributed by atoms with Gasteiger partial charge in [-0.05, 0) is 62.3 Å². The average molecular weight is 358 g/mol. The van der Waals surface area contributed by atoms with Gasteiger partial charge in [0.15, 0.2) is 0 Å². The van der Waals surface area contributed by atoms with E-state index in [0.717, 1.165) is 55.3 Å². The quantitative estimate of drug-likeness (QED) is 0.819. The van der Waals surface area contributed by atoms with Gasteiger partial charge in [0.1, 0.15) is 5.82 Å². The molecule has 2 aliphatic rings. The number of hydrogen-bond donors (Lipinski definition) is 0. The van der Waals surface area contributed by atoms with Gasteiger partial charge in [-0.25, -0.2) is 4.98 Å². The molecule has 25 heavy (non-hydrogen) atoms. The van der Waals surface area contributed by atoms with E-state index in [9.17, 15) is 4.79 Å². The largest absolute Gasteiger partial charge is 0.338 e. The lowest BCUT2D eigenvalue weighted by Crippen LogP contribution is -2.39. The summed E-state index contributed by atoms with van der Waals surface area (Å²) in [6.45, 7) is 4.59. The average Bonchev–Trinajstić information content (AvgIpc) is 3.32. The number of nitrogens with zero attached hydrogens (tertiary/aromatic N) is 3. The zero-order valence-electron chi connectivity index (χ0n) is 14.6. The van der Waals surface area contributed by atoms with Crippen LogP contribution < -0.4 is 0 Å². The Kier molecular flexibility index (Phi) is 4.55. The van der Waals surface area contributed by atoms with Crippen LogP contribution in [0.3, 0.4) is 0 Å². The third-order valence-electron chi connectivity index (χ3n) is 5.38. The number of likely N-dealkylation sites (tertiary alicyclic amines) is 1. The van der Waals surface area contributed by atoms with Gasteiger partial charge in [0.25, 0.3) is 5.91 Å². The van der Waals surface area contributed by atoms with Crippen LogP contribution >= 0.6 is 11.6 Å². The Bertz CT molecular complexity index is 781. The highest BCUT2D eigenvalue weighted by atomic mass is 35.5. The van der Waals surface area contributed by atoms with E-state index in [0.29, 0.717) is 10.9 Å². The Morgan fingerprint density at radius 2 is 2.16 bits per heavy atom. The Balaban J connectivity index is 1.49. The first-order valence-electron chi connectivity index (χ1n) is 9.18. The second-order valence-electron chi connectivity index (χ2n) is 7.44. The molecule has 1 aliphatic carbocycles. The van der Waals surface area contributed by atoms with Crippen molar-refractivity contribution in [3.63, 3.8) is 0 Å². The van der Waals surface area contributed by atoms with Gasteiger partial charge in [-0.3, -0.25) is 4.79 Å². The summed E-state index contributed by atoms with van der Waals surface area (Å²) < 4.78 is 2.31. The van der Waals surface area contributed by atoms with E-state index in [1.807, 2.05) is 36.2 Å². The van der Waals surface area contributed by atoms with E-state index in [2.05, 4.69) is 15.7 Å². The summed E-state index contributed by atoms with van der Waals surface area (Å²) in [4.78, 5) is 19.5. The van der Waals surface area contributed by atoms with E-state index in [4.69, 9.17) is 11.6 Å². The zero-order chi connectivity index (χ0) is 17.4. The van der Waals surface area contributed by atoms with Crippen LogP contribution in [0.5, 0.6) is 0 Å². The predicted octanol–water partition coefficient (Wildman–Crippen LogP) is 4.27. The topological polar surface area (TPSA) is 38.1 Å². The van der Waals surface area contributed by atoms with Crippen molar-refractivity contribution < 1.29 is 4.79 Å². The number of halogens is 1. The first-order chi connectivity index (χ1) is 12.1.